The van der Waals surface area contributed by atoms with Crippen LogP contribution in [0.3, 0.4) is 0 Å². The maximum Gasteiger partial charge on any atom is 0.429 e. The minimum atomic E-state index is -5.63. The minimum absolute atomic E-state index is 0.0816. The van der Waals surface area contributed by atoms with Gasteiger partial charge in [-0.2, -0.15) is 26.3 Å². The Balaban J connectivity index is 1.89. The van der Waals surface area contributed by atoms with Crippen LogP contribution in [-0.4, -0.2) is 32.1 Å². The topological polar surface area (TPSA) is 26.3 Å². The van der Waals surface area contributed by atoms with Crippen molar-refractivity contribution >= 4 is 14.1 Å². The molecule has 0 amide bonds. The van der Waals surface area contributed by atoms with E-state index in [1.165, 1.54) is 19.6 Å². The first-order valence-corrected chi connectivity index (χ1v) is 14.1. The van der Waals surface area contributed by atoms with E-state index in [1.807, 2.05) is 13.0 Å². The van der Waals surface area contributed by atoms with Gasteiger partial charge in [-0.3, -0.25) is 4.79 Å². The van der Waals surface area contributed by atoms with Crippen LogP contribution in [0.4, 0.5) is 26.3 Å². The van der Waals surface area contributed by atoms with Crippen molar-refractivity contribution in [2.75, 3.05) is 0 Å². The maximum absolute atomic E-state index is 13.7. The smallest absolute Gasteiger partial charge is 0.394 e. The molecule has 2 saturated carbocycles. The van der Waals surface area contributed by atoms with Crippen molar-refractivity contribution in [1.29, 1.82) is 0 Å². The van der Waals surface area contributed by atoms with Crippen LogP contribution in [-0.2, 0) is 9.22 Å². The van der Waals surface area contributed by atoms with Gasteiger partial charge in [-0.1, -0.05) is 24.6 Å². The summed E-state index contributed by atoms with van der Waals surface area (Å²) in [5, 5.41) is 0. The van der Waals surface area contributed by atoms with Crippen LogP contribution in [0, 0.1) is 16.7 Å². The molecule has 0 aromatic heterocycles. The zero-order valence-corrected chi connectivity index (χ0v) is 19.3. The summed E-state index contributed by atoms with van der Waals surface area (Å²) in [6, 6.07) is 0. The van der Waals surface area contributed by atoms with Gasteiger partial charge < -0.3 is 4.43 Å². The van der Waals surface area contributed by atoms with Crippen LogP contribution >= 0.6 is 0 Å². The molecule has 0 bridgehead atoms. The molecular formula is C22H30F6O2Si. The van der Waals surface area contributed by atoms with Gasteiger partial charge in [0, 0.05) is 12.3 Å². The first-order valence-electron chi connectivity index (χ1n) is 10.7. The molecule has 0 saturated heterocycles. The fraction of sp³-hybridized carbons (Fsp3) is 0.773. The lowest BCUT2D eigenvalue weighted by molar-refractivity contribution is -0.340. The number of hydrogen-bond donors (Lipinski definition) is 0. The molecule has 176 valence electrons. The van der Waals surface area contributed by atoms with Crippen LogP contribution in [0.1, 0.15) is 51.9 Å². The van der Waals surface area contributed by atoms with E-state index in [2.05, 4.69) is 0 Å². The summed E-state index contributed by atoms with van der Waals surface area (Å²) in [6.07, 6.45) is -3.78. The van der Waals surface area contributed by atoms with Gasteiger partial charge in [-0.15, -0.1) is 0 Å². The van der Waals surface area contributed by atoms with E-state index in [9.17, 15) is 31.1 Å². The van der Waals surface area contributed by atoms with E-state index < -0.39 is 31.7 Å². The molecule has 0 aliphatic heterocycles. The van der Waals surface area contributed by atoms with Crippen LogP contribution in [0.5, 0.6) is 0 Å². The predicted molar refractivity (Wildman–Crippen MR) is 108 cm³/mol. The number of hydrogen-bond acceptors (Lipinski definition) is 2. The van der Waals surface area contributed by atoms with Crippen molar-refractivity contribution in [3.8, 4) is 0 Å². The highest BCUT2D eigenvalue weighted by molar-refractivity contribution is 6.69. The van der Waals surface area contributed by atoms with Gasteiger partial charge in [-0.25, -0.2) is 0 Å². The van der Waals surface area contributed by atoms with E-state index in [4.69, 9.17) is 4.43 Å². The Labute approximate surface area is 180 Å². The molecule has 2 atom stereocenters. The van der Waals surface area contributed by atoms with Crippen LogP contribution in [0.25, 0.3) is 0 Å². The lowest BCUT2D eigenvalue weighted by Gasteiger charge is -2.41. The molecule has 0 spiro atoms. The molecule has 2 unspecified atom stereocenters. The van der Waals surface area contributed by atoms with E-state index in [1.54, 1.807) is 0 Å². The number of carbonyl (C=O) groups is 1. The summed E-state index contributed by atoms with van der Waals surface area (Å²) in [5.41, 5.74) is -4.03. The Morgan fingerprint density at radius 3 is 2.16 bits per heavy atom. The summed E-state index contributed by atoms with van der Waals surface area (Å²) < 4.78 is 87.2. The first kappa shape index (κ1) is 24.5. The molecule has 31 heavy (non-hydrogen) atoms. The monoisotopic (exact) mass is 468 g/mol. The standard InChI is InChI=1S/C22H30F6O2Si/c1-18-10-5-7-16(29)15(18)8-9-17(18)19(13-14-19)11-6-12-20(21(23,24)25,22(26,27)28)30-31(2,3)4/h6,9,12,15H,5,7-8,10-11,13-14H2,1-4H3. The zero-order valence-electron chi connectivity index (χ0n) is 18.3. The Kier molecular flexibility index (Phi) is 5.91. The van der Waals surface area contributed by atoms with Crippen LogP contribution < -0.4 is 0 Å². The highest BCUT2D eigenvalue weighted by Crippen LogP contribution is 2.66. The number of ketones is 1. The van der Waals surface area contributed by atoms with Gasteiger partial charge in [-0.05, 0) is 75.1 Å². The van der Waals surface area contributed by atoms with Crippen molar-refractivity contribution in [3.63, 3.8) is 0 Å². The Hall–Kier alpha value is -1.09. The summed E-state index contributed by atoms with van der Waals surface area (Å²) >= 11 is 0. The van der Waals surface area contributed by atoms with Gasteiger partial charge in [0.25, 0.3) is 5.60 Å². The van der Waals surface area contributed by atoms with Gasteiger partial charge in [0.15, 0.2) is 8.32 Å². The molecule has 0 heterocycles. The van der Waals surface area contributed by atoms with Gasteiger partial charge in [0.2, 0.25) is 0 Å². The Bertz CT molecular complexity index is 771. The highest BCUT2D eigenvalue weighted by atomic mass is 28.4. The molecule has 3 aliphatic carbocycles. The molecular weight excluding hydrogens is 438 g/mol. The predicted octanol–water partition coefficient (Wildman–Crippen LogP) is 7.13. The van der Waals surface area contributed by atoms with Crippen molar-refractivity contribution in [1.82, 2.24) is 0 Å². The van der Waals surface area contributed by atoms with Crippen molar-refractivity contribution in [3.05, 3.63) is 23.8 Å². The van der Waals surface area contributed by atoms with Gasteiger partial charge in [0.05, 0.1) is 0 Å². The van der Waals surface area contributed by atoms with Crippen molar-refractivity contribution < 1.29 is 35.6 Å². The molecule has 0 aromatic rings. The lowest BCUT2D eigenvalue weighted by Crippen LogP contribution is -2.61. The summed E-state index contributed by atoms with van der Waals surface area (Å²) in [7, 11) is -3.20. The average Bonchev–Trinajstić information content (AvgIpc) is 3.25. The second-order valence-electron chi connectivity index (χ2n) is 10.5. The molecule has 0 aromatic carbocycles. The molecule has 2 fully saturated rings. The average molecular weight is 469 g/mol. The number of Topliss-reactive ketones (excluding diaryl/α,β-unsaturated/α-hetero) is 1. The van der Waals surface area contributed by atoms with E-state index >= 15 is 0 Å². The number of rotatable bonds is 6. The van der Waals surface area contributed by atoms with Crippen LogP contribution in [0.15, 0.2) is 23.8 Å². The van der Waals surface area contributed by atoms with E-state index in [0.29, 0.717) is 25.7 Å². The Morgan fingerprint density at radius 1 is 1.10 bits per heavy atom. The largest absolute Gasteiger partial charge is 0.429 e. The number of fused-ring (bicyclic) bond motifs is 1. The quantitative estimate of drug-likeness (QED) is 0.235. The maximum atomic E-state index is 13.7. The fourth-order valence-corrected chi connectivity index (χ4v) is 6.77. The number of halogens is 6. The number of allylic oxidation sites excluding steroid dienone is 3. The van der Waals surface area contributed by atoms with Gasteiger partial charge >= 0.3 is 12.4 Å². The van der Waals surface area contributed by atoms with Crippen molar-refractivity contribution in [2.45, 2.75) is 89.5 Å². The number of alkyl halides is 6. The lowest BCUT2D eigenvalue weighted by atomic mass is 9.62. The summed E-state index contributed by atoms with van der Waals surface area (Å²) in [6.45, 7) is 5.95. The normalized spacial score (nSPS) is 29.3. The molecule has 3 aliphatic rings. The SMILES string of the molecule is CC12CCCC(=O)C1CC=C2C1(CC=CC(O[Si](C)(C)C)(C(F)(F)F)C(F)(F)F)CC1. The second kappa shape index (κ2) is 7.47. The minimum Gasteiger partial charge on any atom is -0.394 e. The first-order chi connectivity index (χ1) is 14.0. The van der Waals surface area contributed by atoms with Crippen LogP contribution in [0.2, 0.25) is 19.6 Å². The second-order valence-corrected chi connectivity index (χ2v) is 14.9. The molecule has 0 N–H and O–H groups in total. The summed E-state index contributed by atoms with van der Waals surface area (Å²) in [5.74, 6) is 0.0976. The Morgan fingerprint density at radius 2 is 1.68 bits per heavy atom. The third-order valence-electron chi connectivity index (χ3n) is 7.05. The fourth-order valence-electron chi connectivity index (χ4n) is 5.51. The molecule has 2 nitrogen and oxygen atoms in total. The van der Waals surface area contributed by atoms with Crippen molar-refractivity contribution in [2.24, 2.45) is 16.7 Å². The molecule has 9 heteroatoms. The zero-order chi connectivity index (χ0) is 23.5. The van der Waals surface area contributed by atoms with E-state index in [-0.39, 0.29) is 29.6 Å². The van der Waals surface area contributed by atoms with Gasteiger partial charge in [0.1, 0.15) is 5.78 Å². The third kappa shape index (κ3) is 4.28. The third-order valence-corrected chi connectivity index (χ3v) is 7.98. The highest BCUT2D eigenvalue weighted by Gasteiger charge is 2.71. The summed E-state index contributed by atoms with van der Waals surface area (Å²) in [4.78, 5) is 12.4. The molecule has 3 rings (SSSR count). The molecule has 0 radical (unpaired) electrons. The number of carbonyl (C=O) groups excluding carboxylic acids is 1. The van der Waals surface area contributed by atoms with E-state index in [0.717, 1.165) is 24.5 Å².